The number of aliphatic hydroxyl groups is 1. The van der Waals surface area contributed by atoms with Gasteiger partial charge in [-0.05, 0) is 38.8 Å². The first-order valence-electron chi connectivity index (χ1n) is 7.29. The average Bonchev–Trinajstić information content (AvgIpc) is 2.82. The highest BCUT2D eigenvalue weighted by molar-refractivity contribution is 6.33. The van der Waals surface area contributed by atoms with E-state index >= 15 is 0 Å². The highest BCUT2D eigenvalue weighted by Gasteiger charge is 2.23. The molecule has 1 N–H and O–H groups in total. The smallest absolute Gasteiger partial charge is 0.162 e. The lowest BCUT2D eigenvalue weighted by atomic mass is 9.92. The topological polar surface area (TPSA) is 67.1 Å². The lowest BCUT2D eigenvalue weighted by molar-refractivity contribution is 0.0687. The van der Waals surface area contributed by atoms with Crippen LogP contribution in [0.2, 0.25) is 5.15 Å². The Labute approximate surface area is 128 Å². The molecule has 0 radical (unpaired) electrons. The van der Waals surface area contributed by atoms with Gasteiger partial charge in [0.25, 0.3) is 0 Å². The van der Waals surface area contributed by atoms with Gasteiger partial charge in [0.1, 0.15) is 11.0 Å². The molecule has 1 unspecified atom stereocenters. The summed E-state index contributed by atoms with van der Waals surface area (Å²) >= 11 is 6.20. The summed E-state index contributed by atoms with van der Waals surface area (Å²) in [4.78, 5) is 11.2. The number of aryl methyl sites for hydroxylation is 1. The first kappa shape index (κ1) is 14.7. The Morgan fingerprint density at radius 1 is 1.38 bits per heavy atom. The van der Waals surface area contributed by atoms with E-state index in [9.17, 15) is 5.11 Å². The van der Waals surface area contributed by atoms with Gasteiger partial charge in [-0.1, -0.05) is 11.6 Å². The van der Waals surface area contributed by atoms with Crippen LogP contribution in [0.5, 0.6) is 0 Å². The Morgan fingerprint density at radius 3 is 2.76 bits per heavy atom. The number of piperidine rings is 1. The molecule has 1 aliphatic heterocycles. The van der Waals surface area contributed by atoms with Crippen LogP contribution in [0.4, 0.5) is 0 Å². The monoisotopic (exact) mass is 309 g/mol. The van der Waals surface area contributed by atoms with E-state index in [0.717, 1.165) is 42.8 Å². The average molecular weight is 310 g/mol. The second kappa shape index (κ2) is 5.87. The summed E-state index contributed by atoms with van der Waals surface area (Å²) in [6.07, 6.45) is 3.50. The van der Waals surface area contributed by atoms with Crippen molar-refractivity contribution in [2.24, 2.45) is 13.0 Å². The molecule has 1 saturated heterocycles. The van der Waals surface area contributed by atoms with Gasteiger partial charge in [-0.25, -0.2) is 9.97 Å². The van der Waals surface area contributed by atoms with E-state index in [1.807, 2.05) is 14.0 Å². The molecule has 0 bridgehead atoms. The third-order valence-corrected chi connectivity index (χ3v) is 4.56. The van der Waals surface area contributed by atoms with E-state index in [-0.39, 0.29) is 6.10 Å². The van der Waals surface area contributed by atoms with Crippen LogP contribution in [-0.4, -0.2) is 48.9 Å². The second-order valence-corrected chi connectivity index (χ2v) is 6.15. The number of nitrogens with zero attached hydrogens (tertiary/aromatic N) is 5. The van der Waals surface area contributed by atoms with Crippen molar-refractivity contribution < 1.29 is 5.11 Å². The first-order chi connectivity index (χ1) is 10.0. The zero-order valence-electron chi connectivity index (χ0n) is 12.3. The Morgan fingerprint density at radius 2 is 2.10 bits per heavy atom. The van der Waals surface area contributed by atoms with Crippen molar-refractivity contribution in [3.05, 3.63) is 17.2 Å². The maximum atomic E-state index is 9.64. The van der Waals surface area contributed by atoms with E-state index in [1.165, 1.54) is 0 Å². The highest BCUT2D eigenvalue weighted by Crippen LogP contribution is 2.23. The van der Waals surface area contributed by atoms with Gasteiger partial charge < -0.3 is 5.11 Å². The van der Waals surface area contributed by atoms with Crippen molar-refractivity contribution in [1.82, 2.24) is 24.6 Å². The van der Waals surface area contributed by atoms with Crippen molar-refractivity contribution in [2.75, 3.05) is 13.1 Å². The second-order valence-electron chi connectivity index (χ2n) is 5.79. The van der Waals surface area contributed by atoms with Crippen LogP contribution in [0, 0.1) is 5.92 Å². The maximum absolute atomic E-state index is 9.64. The van der Waals surface area contributed by atoms with E-state index in [0.29, 0.717) is 17.6 Å². The molecule has 1 aliphatic rings. The molecular weight excluding hydrogens is 290 g/mol. The maximum Gasteiger partial charge on any atom is 0.162 e. The molecule has 0 aliphatic carbocycles. The van der Waals surface area contributed by atoms with Gasteiger partial charge in [-0.2, -0.15) is 5.10 Å². The molecule has 0 saturated carbocycles. The summed E-state index contributed by atoms with van der Waals surface area (Å²) in [5.41, 5.74) is 0.767. The van der Waals surface area contributed by atoms with Crippen LogP contribution in [-0.2, 0) is 13.6 Å². The van der Waals surface area contributed by atoms with Crippen LogP contribution < -0.4 is 0 Å². The van der Waals surface area contributed by atoms with E-state index in [1.54, 1.807) is 10.9 Å². The molecular formula is C14H20ClN5O. The minimum atomic E-state index is -0.219. The third kappa shape index (κ3) is 3.02. The molecule has 0 amide bonds. The van der Waals surface area contributed by atoms with Crippen molar-refractivity contribution in [1.29, 1.82) is 0 Å². The van der Waals surface area contributed by atoms with Crippen LogP contribution in [0.1, 0.15) is 25.6 Å². The Balaban J connectivity index is 1.72. The quantitative estimate of drug-likeness (QED) is 0.873. The minimum absolute atomic E-state index is 0.219. The summed E-state index contributed by atoms with van der Waals surface area (Å²) in [6.45, 7) is 4.48. The molecule has 6 nitrogen and oxygen atoms in total. The fourth-order valence-electron chi connectivity index (χ4n) is 2.89. The number of hydrogen-bond acceptors (Lipinski definition) is 5. The van der Waals surface area contributed by atoms with Crippen molar-refractivity contribution >= 4 is 22.6 Å². The summed E-state index contributed by atoms with van der Waals surface area (Å²) in [5, 5.41) is 15.1. The number of aromatic nitrogens is 4. The van der Waals surface area contributed by atoms with E-state index in [4.69, 9.17) is 11.6 Å². The summed E-state index contributed by atoms with van der Waals surface area (Å²) < 4.78 is 1.71. The molecule has 0 spiro atoms. The SMILES string of the molecule is CC(O)C1CCN(Cc2nc(Cl)c3cnn(C)c3n2)CC1. The predicted molar refractivity (Wildman–Crippen MR) is 81.0 cm³/mol. The van der Waals surface area contributed by atoms with Crippen molar-refractivity contribution in [2.45, 2.75) is 32.4 Å². The van der Waals surface area contributed by atoms with Crippen LogP contribution in [0.25, 0.3) is 11.0 Å². The third-order valence-electron chi connectivity index (χ3n) is 4.27. The molecule has 114 valence electrons. The van der Waals surface area contributed by atoms with Gasteiger partial charge in [-0.3, -0.25) is 9.58 Å². The molecule has 1 fully saturated rings. The Kier molecular flexibility index (Phi) is 4.10. The minimum Gasteiger partial charge on any atom is -0.393 e. The number of rotatable bonds is 3. The molecule has 3 heterocycles. The lowest BCUT2D eigenvalue weighted by Gasteiger charge is -2.32. The fraction of sp³-hybridized carbons (Fsp3) is 0.643. The largest absolute Gasteiger partial charge is 0.393 e. The van der Waals surface area contributed by atoms with Gasteiger partial charge in [0.15, 0.2) is 5.65 Å². The summed E-state index contributed by atoms with van der Waals surface area (Å²) in [6, 6.07) is 0. The number of likely N-dealkylation sites (tertiary alicyclic amines) is 1. The number of halogens is 1. The van der Waals surface area contributed by atoms with Gasteiger partial charge in [0.05, 0.1) is 24.2 Å². The Bertz CT molecular complexity index is 634. The molecule has 7 heteroatoms. The van der Waals surface area contributed by atoms with E-state index in [2.05, 4.69) is 20.0 Å². The molecule has 2 aromatic heterocycles. The van der Waals surface area contributed by atoms with Gasteiger partial charge in [0.2, 0.25) is 0 Å². The number of hydrogen-bond donors (Lipinski definition) is 1. The lowest BCUT2D eigenvalue weighted by Crippen LogP contribution is -2.37. The first-order valence-corrected chi connectivity index (χ1v) is 7.67. The fourth-order valence-corrected chi connectivity index (χ4v) is 3.12. The van der Waals surface area contributed by atoms with Crippen LogP contribution in [0.15, 0.2) is 6.20 Å². The molecule has 21 heavy (non-hydrogen) atoms. The normalized spacial score (nSPS) is 19.2. The van der Waals surface area contributed by atoms with Gasteiger partial charge in [-0.15, -0.1) is 0 Å². The molecule has 3 rings (SSSR count). The van der Waals surface area contributed by atoms with Gasteiger partial charge in [0, 0.05) is 7.05 Å². The molecule has 0 aromatic carbocycles. The number of fused-ring (bicyclic) bond motifs is 1. The zero-order chi connectivity index (χ0) is 15.0. The standard InChI is InChI=1S/C14H20ClN5O/c1-9(21)10-3-5-20(6-4-10)8-12-17-13(15)11-7-16-19(2)14(11)18-12/h7,9-10,21H,3-6,8H2,1-2H3. The summed E-state index contributed by atoms with van der Waals surface area (Å²) in [5.74, 6) is 1.14. The van der Waals surface area contributed by atoms with Gasteiger partial charge >= 0.3 is 0 Å². The predicted octanol–water partition coefficient (Wildman–Crippen LogP) is 1.61. The van der Waals surface area contributed by atoms with Crippen LogP contribution in [0.3, 0.4) is 0 Å². The Hall–Kier alpha value is -1.24. The molecule has 2 aromatic rings. The number of aliphatic hydroxyl groups excluding tert-OH is 1. The van der Waals surface area contributed by atoms with Crippen LogP contribution >= 0.6 is 11.6 Å². The van der Waals surface area contributed by atoms with Crippen molar-refractivity contribution in [3.63, 3.8) is 0 Å². The highest BCUT2D eigenvalue weighted by atomic mass is 35.5. The van der Waals surface area contributed by atoms with Crippen molar-refractivity contribution in [3.8, 4) is 0 Å². The summed E-state index contributed by atoms with van der Waals surface area (Å²) in [7, 11) is 1.85. The zero-order valence-corrected chi connectivity index (χ0v) is 13.1. The molecule has 1 atom stereocenters. The van der Waals surface area contributed by atoms with E-state index < -0.39 is 0 Å².